The van der Waals surface area contributed by atoms with Crippen LogP contribution in [-0.4, -0.2) is 39.4 Å². The zero-order valence-corrected chi connectivity index (χ0v) is 15.9. The molecule has 0 fully saturated rings. The Kier molecular flexibility index (Phi) is 4.76. The molecule has 2 aromatic rings. The van der Waals surface area contributed by atoms with Crippen LogP contribution in [0.1, 0.15) is 32.4 Å². The third-order valence-electron chi connectivity index (χ3n) is 3.76. The Bertz CT molecular complexity index is 846. The number of hydrogen-bond donors (Lipinski definition) is 1. The largest absolute Gasteiger partial charge is 0.496 e. The Morgan fingerprint density at radius 3 is 2.84 bits per heavy atom. The van der Waals surface area contributed by atoms with Crippen LogP contribution < -0.4 is 10.1 Å². The van der Waals surface area contributed by atoms with Crippen LogP contribution in [0, 0.1) is 0 Å². The maximum absolute atomic E-state index is 12.8. The second kappa shape index (κ2) is 6.83. The van der Waals surface area contributed by atoms with Crippen LogP contribution in [0.4, 0.5) is 5.95 Å². The van der Waals surface area contributed by atoms with Gasteiger partial charge >= 0.3 is 5.97 Å². The average Bonchev–Trinajstić information content (AvgIpc) is 3.00. The number of nitrogens with one attached hydrogen (secondary N) is 1. The van der Waals surface area contributed by atoms with E-state index in [0.29, 0.717) is 23.0 Å². The fourth-order valence-electron chi connectivity index (χ4n) is 2.76. The Hall–Kier alpha value is -2.42. The van der Waals surface area contributed by atoms with Gasteiger partial charge in [-0.25, -0.2) is 4.79 Å². The van der Waals surface area contributed by atoms with Gasteiger partial charge in [-0.15, -0.1) is 0 Å². The van der Waals surface area contributed by atoms with Gasteiger partial charge in [-0.1, -0.05) is 21.0 Å². The molecule has 9 heteroatoms. The van der Waals surface area contributed by atoms with E-state index >= 15 is 0 Å². The summed E-state index contributed by atoms with van der Waals surface area (Å²) in [5.74, 6) is 0.651. The minimum Gasteiger partial charge on any atom is -0.496 e. The second-order valence-electron chi connectivity index (χ2n) is 5.85. The first kappa shape index (κ1) is 17.4. The molecule has 1 unspecified atom stereocenters. The molecule has 8 nitrogen and oxygen atoms in total. The molecule has 132 valence electrons. The Labute approximate surface area is 153 Å². The van der Waals surface area contributed by atoms with Crippen LogP contribution in [0.25, 0.3) is 0 Å². The van der Waals surface area contributed by atoms with Gasteiger partial charge in [0.2, 0.25) is 5.95 Å². The SMILES string of the molecule is COc1ccc(Br)cc1C1C(C(=O)OC(C)C)=C(C)Nc2nnnn21. The van der Waals surface area contributed by atoms with Crippen LogP contribution in [0.5, 0.6) is 5.75 Å². The minimum atomic E-state index is -0.565. The lowest BCUT2D eigenvalue weighted by Gasteiger charge is -2.28. The highest BCUT2D eigenvalue weighted by Crippen LogP contribution is 2.40. The molecule has 2 heterocycles. The van der Waals surface area contributed by atoms with Crippen LogP contribution >= 0.6 is 15.9 Å². The van der Waals surface area contributed by atoms with Crippen LogP contribution in [0.3, 0.4) is 0 Å². The normalized spacial score (nSPS) is 16.5. The molecule has 1 atom stereocenters. The summed E-state index contributed by atoms with van der Waals surface area (Å²) in [6, 6.07) is 5.01. The van der Waals surface area contributed by atoms with Crippen LogP contribution in [-0.2, 0) is 9.53 Å². The molecule has 1 aliphatic heterocycles. The highest BCUT2D eigenvalue weighted by Gasteiger charge is 2.36. The number of tetrazole rings is 1. The number of aromatic nitrogens is 4. The molecule has 1 aliphatic rings. The Morgan fingerprint density at radius 1 is 1.40 bits per heavy atom. The van der Waals surface area contributed by atoms with E-state index in [4.69, 9.17) is 9.47 Å². The maximum atomic E-state index is 12.8. The number of rotatable bonds is 4. The maximum Gasteiger partial charge on any atom is 0.338 e. The molecular formula is C16H18BrN5O3. The van der Waals surface area contributed by atoms with Gasteiger partial charge in [0.15, 0.2) is 0 Å². The van der Waals surface area contributed by atoms with E-state index in [2.05, 4.69) is 36.8 Å². The van der Waals surface area contributed by atoms with E-state index in [0.717, 1.165) is 10.0 Å². The topological polar surface area (TPSA) is 91.2 Å². The highest BCUT2D eigenvalue weighted by atomic mass is 79.9. The zero-order chi connectivity index (χ0) is 18.1. The summed E-state index contributed by atoms with van der Waals surface area (Å²) in [4.78, 5) is 12.8. The predicted octanol–water partition coefficient (Wildman–Crippen LogP) is 2.68. The number of carbonyl (C=O) groups excluding carboxylic acids is 1. The number of nitrogens with zero attached hydrogens (tertiary/aromatic N) is 4. The number of allylic oxidation sites excluding steroid dienone is 1. The molecule has 3 rings (SSSR count). The van der Waals surface area contributed by atoms with Crippen molar-refractivity contribution in [2.24, 2.45) is 0 Å². The minimum absolute atomic E-state index is 0.242. The number of fused-ring (bicyclic) bond motifs is 1. The summed E-state index contributed by atoms with van der Waals surface area (Å²) in [6.07, 6.45) is -0.242. The van der Waals surface area contributed by atoms with E-state index in [1.165, 1.54) is 0 Å². The van der Waals surface area contributed by atoms with Gasteiger partial charge in [0, 0.05) is 15.7 Å². The van der Waals surface area contributed by atoms with Crippen molar-refractivity contribution in [2.45, 2.75) is 32.9 Å². The van der Waals surface area contributed by atoms with E-state index in [1.54, 1.807) is 32.6 Å². The average molecular weight is 408 g/mol. The van der Waals surface area contributed by atoms with E-state index < -0.39 is 12.0 Å². The van der Waals surface area contributed by atoms with E-state index in [1.807, 2.05) is 18.2 Å². The van der Waals surface area contributed by atoms with Crippen molar-refractivity contribution >= 4 is 27.8 Å². The number of benzene rings is 1. The molecule has 0 saturated heterocycles. The number of ether oxygens (including phenoxy) is 2. The molecule has 25 heavy (non-hydrogen) atoms. The second-order valence-corrected chi connectivity index (χ2v) is 6.77. The molecule has 1 aromatic heterocycles. The van der Waals surface area contributed by atoms with Crippen molar-refractivity contribution < 1.29 is 14.3 Å². The van der Waals surface area contributed by atoms with Gasteiger partial charge in [0.1, 0.15) is 11.8 Å². The lowest BCUT2D eigenvalue weighted by atomic mass is 9.95. The molecule has 0 bridgehead atoms. The van der Waals surface area contributed by atoms with Crippen molar-refractivity contribution in [3.05, 3.63) is 39.5 Å². The van der Waals surface area contributed by atoms with Crippen LogP contribution in [0.15, 0.2) is 33.9 Å². The molecule has 0 radical (unpaired) electrons. The lowest BCUT2D eigenvalue weighted by Crippen LogP contribution is -2.30. The molecule has 1 aromatic carbocycles. The van der Waals surface area contributed by atoms with E-state index in [9.17, 15) is 4.79 Å². The van der Waals surface area contributed by atoms with Gasteiger partial charge in [-0.2, -0.15) is 4.68 Å². The monoisotopic (exact) mass is 407 g/mol. The van der Waals surface area contributed by atoms with Crippen molar-refractivity contribution in [2.75, 3.05) is 12.4 Å². The van der Waals surface area contributed by atoms with Crippen LogP contribution in [0.2, 0.25) is 0 Å². The summed E-state index contributed by atoms with van der Waals surface area (Å²) in [6.45, 7) is 5.41. The lowest BCUT2D eigenvalue weighted by molar-refractivity contribution is -0.143. The van der Waals surface area contributed by atoms with E-state index in [-0.39, 0.29) is 6.10 Å². The van der Waals surface area contributed by atoms with Crippen molar-refractivity contribution in [1.29, 1.82) is 0 Å². The number of carbonyl (C=O) groups is 1. The molecule has 0 spiro atoms. The van der Waals surface area contributed by atoms with Gasteiger partial charge in [0.05, 0.1) is 18.8 Å². The molecule has 0 amide bonds. The molecule has 1 N–H and O–H groups in total. The Morgan fingerprint density at radius 2 is 2.16 bits per heavy atom. The first-order valence-electron chi connectivity index (χ1n) is 7.72. The Balaban J connectivity index is 2.19. The highest BCUT2D eigenvalue weighted by molar-refractivity contribution is 9.10. The number of anilines is 1. The van der Waals surface area contributed by atoms with Gasteiger partial charge in [0.25, 0.3) is 0 Å². The first-order valence-corrected chi connectivity index (χ1v) is 8.51. The number of halogens is 1. The van der Waals surface area contributed by atoms with Gasteiger partial charge in [-0.3, -0.25) is 0 Å². The van der Waals surface area contributed by atoms with Crippen molar-refractivity contribution in [1.82, 2.24) is 20.2 Å². The summed E-state index contributed by atoms with van der Waals surface area (Å²) in [5, 5.41) is 14.8. The van der Waals surface area contributed by atoms with Crippen molar-refractivity contribution in [3.8, 4) is 5.75 Å². The standard InChI is InChI=1S/C16H18BrN5O3/c1-8(2)25-15(23)13-9(3)18-16-19-20-21-22(16)14(13)11-7-10(17)5-6-12(11)24-4/h5-8,14H,1-4H3,(H,18,19,21). The molecule has 0 aliphatic carbocycles. The number of hydrogen-bond acceptors (Lipinski definition) is 7. The quantitative estimate of drug-likeness (QED) is 0.778. The summed E-state index contributed by atoms with van der Waals surface area (Å²) in [5.41, 5.74) is 1.83. The predicted molar refractivity (Wildman–Crippen MR) is 94.2 cm³/mol. The summed E-state index contributed by atoms with van der Waals surface area (Å²) < 4.78 is 13.3. The zero-order valence-electron chi connectivity index (χ0n) is 14.3. The van der Waals surface area contributed by atoms with Gasteiger partial charge in [-0.05, 0) is 49.4 Å². The molecule has 0 saturated carbocycles. The third kappa shape index (κ3) is 3.23. The third-order valence-corrected chi connectivity index (χ3v) is 4.26. The summed E-state index contributed by atoms with van der Waals surface area (Å²) in [7, 11) is 1.58. The molecular weight excluding hydrogens is 390 g/mol. The number of methoxy groups -OCH3 is 1. The number of esters is 1. The fourth-order valence-corrected chi connectivity index (χ4v) is 3.14. The fraction of sp³-hybridized carbons (Fsp3) is 0.375. The smallest absolute Gasteiger partial charge is 0.338 e. The van der Waals surface area contributed by atoms with Crippen molar-refractivity contribution in [3.63, 3.8) is 0 Å². The first-order chi connectivity index (χ1) is 11.9. The van der Waals surface area contributed by atoms with Gasteiger partial charge < -0.3 is 14.8 Å². The summed E-state index contributed by atoms with van der Waals surface area (Å²) >= 11 is 3.47.